The first-order valence-corrected chi connectivity index (χ1v) is 5.35. The second-order valence-corrected chi connectivity index (χ2v) is 3.91. The molecule has 0 aliphatic heterocycles. The van der Waals surface area contributed by atoms with Crippen molar-refractivity contribution in [3.05, 3.63) is 53.5 Å². The van der Waals surface area contributed by atoms with E-state index in [1.807, 2.05) is 6.92 Å². The van der Waals surface area contributed by atoms with Crippen LogP contribution in [0.2, 0.25) is 0 Å². The quantitative estimate of drug-likeness (QED) is 0.798. The monoisotopic (exact) mass is 245 g/mol. The molecule has 0 saturated carbocycles. The third-order valence-electron chi connectivity index (χ3n) is 2.39. The van der Waals surface area contributed by atoms with Crippen molar-refractivity contribution in [3.63, 3.8) is 0 Å². The lowest BCUT2D eigenvalue weighted by Crippen LogP contribution is -2.15. The molecule has 2 rings (SSSR count). The van der Waals surface area contributed by atoms with Crippen molar-refractivity contribution in [2.45, 2.75) is 6.92 Å². The number of carbonyl (C=O) groups excluding carboxylic acids is 1. The summed E-state index contributed by atoms with van der Waals surface area (Å²) >= 11 is 0. The Morgan fingerprint density at radius 3 is 2.83 bits per heavy atom. The molecule has 92 valence electrons. The van der Waals surface area contributed by atoms with Gasteiger partial charge in [-0.05, 0) is 42.8 Å². The van der Waals surface area contributed by atoms with Gasteiger partial charge in [-0.3, -0.25) is 4.79 Å². The highest BCUT2D eigenvalue weighted by molar-refractivity contribution is 6.04. The molecule has 0 atom stereocenters. The molecular formula is C13H12FN3O. The number of nitrogens with one attached hydrogen (secondary N) is 1. The summed E-state index contributed by atoms with van der Waals surface area (Å²) in [6.45, 7) is 1.87. The molecule has 0 saturated heterocycles. The predicted molar refractivity (Wildman–Crippen MR) is 67.7 cm³/mol. The number of nitrogens with two attached hydrogens (primary N) is 1. The molecule has 0 fully saturated rings. The number of aromatic nitrogens is 1. The van der Waals surface area contributed by atoms with Crippen molar-refractivity contribution < 1.29 is 9.18 Å². The van der Waals surface area contributed by atoms with E-state index in [1.54, 1.807) is 18.3 Å². The van der Waals surface area contributed by atoms with E-state index in [0.717, 1.165) is 11.6 Å². The van der Waals surface area contributed by atoms with Crippen molar-refractivity contribution in [2.24, 2.45) is 0 Å². The highest BCUT2D eigenvalue weighted by Crippen LogP contribution is 2.14. The van der Waals surface area contributed by atoms with E-state index in [0.29, 0.717) is 11.5 Å². The van der Waals surface area contributed by atoms with E-state index in [2.05, 4.69) is 10.3 Å². The molecule has 1 aromatic carbocycles. The van der Waals surface area contributed by atoms with Crippen LogP contribution in [-0.2, 0) is 0 Å². The summed E-state index contributed by atoms with van der Waals surface area (Å²) < 4.78 is 13.5. The number of benzene rings is 1. The number of hydrogen-bond donors (Lipinski definition) is 2. The molecule has 1 heterocycles. The van der Waals surface area contributed by atoms with Crippen molar-refractivity contribution >= 4 is 17.4 Å². The number of amides is 1. The summed E-state index contributed by atoms with van der Waals surface area (Å²) in [6, 6.07) is 7.35. The van der Waals surface area contributed by atoms with E-state index in [1.165, 1.54) is 12.1 Å². The zero-order chi connectivity index (χ0) is 13.1. The number of pyridine rings is 1. The number of anilines is 2. The topological polar surface area (TPSA) is 68.0 Å². The van der Waals surface area contributed by atoms with Gasteiger partial charge in [0.05, 0.1) is 5.56 Å². The SMILES string of the molecule is Cc1ccnc(NC(=O)c2cc(N)ccc2F)c1. The number of rotatable bonds is 2. The van der Waals surface area contributed by atoms with Gasteiger partial charge < -0.3 is 11.1 Å². The minimum Gasteiger partial charge on any atom is -0.399 e. The third kappa shape index (κ3) is 2.63. The van der Waals surface area contributed by atoms with E-state index >= 15 is 0 Å². The molecule has 0 aliphatic rings. The summed E-state index contributed by atoms with van der Waals surface area (Å²) in [5.74, 6) is -0.811. The maximum atomic E-state index is 13.5. The number of carbonyl (C=O) groups is 1. The fourth-order valence-corrected chi connectivity index (χ4v) is 1.51. The summed E-state index contributed by atoms with van der Waals surface area (Å²) in [5, 5.41) is 2.52. The average Bonchev–Trinajstić information content (AvgIpc) is 2.32. The van der Waals surface area contributed by atoms with Crippen LogP contribution in [0.1, 0.15) is 15.9 Å². The van der Waals surface area contributed by atoms with Gasteiger partial charge in [-0.25, -0.2) is 9.37 Å². The largest absolute Gasteiger partial charge is 0.399 e. The molecule has 1 amide bonds. The van der Waals surface area contributed by atoms with Crippen LogP contribution in [0.4, 0.5) is 15.9 Å². The molecule has 2 aromatic rings. The molecule has 3 N–H and O–H groups in total. The summed E-state index contributed by atoms with van der Waals surface area (Å²) in [7, 11) is 0. The van der Waals surface area contributed by atoms with Crippen LogP contribution in [0.15, 0.2) is 36.5 Å². The van der Waals surface area contributed by atoms with Crippen molar-refractivity contribution in [1.29, 1.82) is 0 Å². The van der Waals surface area contributed by atoms with Crippen LogP contribution >= 0.6 is 0 Å². The minimum atomic E-state index is -0.616. The Morgan fingerprint density at radius 2 is 2.11 bits per heavy atom. The lowest BCUT2D eigenvalue weighted by Gasteiger charge is -2.06. The van der Waals surface area contributed by atoms with E-state index in [9.17, 15) is 9.18 Å². The second-order valence-electron chi connectivity index (χ2n) is 3.91. The van der Waals surface area contributed by atoms with Crippen molar-refractivity contribution in [3.8, 4) is 0 Å². The Kier molecular flexibility index (Phi) is 3.23. The molecule has 18 heavy (non-hydrogen) atoms. The van der Waals surface area contributed by atoms with E-state index in [-0.39, 0.29) is 5.56 Å². The van der Waals surface area contributed by atoms with Crippen molar-refractivity contribution in [2.75, 3.05) is 11.1 Å². The highest BCUT2D eigenvalue weighted by Gasteiger charge is 2.12. The van der Waals surface area contributed by atoms with Gasteiger partial charge in [-0.2, -0.15) is 0 Å². The molecule has 0 bridgehead atoms. The molecule has 0 aliphatic carbocycles. The maximum absolute atomic E-state index is 13.5. The Balaban J connectivity index is 2.24. The number of hydrogen-bond acceptors (Lipinski definition) is 3. The van der Waals surface area contributed by atoms with Gasteiger partial charge in [0.2, 0.25) is 0 Å². The highest BCUT2D eigenvalue weighted by atomic mass is 19.1. The third-order valence-corrected chi connectivity index (χ3v) is 2.39. The molecule has 0 spiro atoms. The van der Waals surface area contributed by atoms with Gasteiger partial charge in [0.15, 0.2) is 0 Å². The normalized spacial score (nSPS) is 10.1. The van der Waals surface area contributed by atoms with Crippen LogP contribution in [0.5, 0.6) is 0 Å². The fraction of sp³-hybridized carbons (Fsp3) is 0.0769. The van der Waals surface area contributed by atoms with Gasteiger partial charge in [-0.15, -0.1) is 0 Å². The van der Waals surface area contributed by atoms with E-state index in [4.69, 9.17) is 5.73 Å². The molecule has 0 radical (unpaired) electrons. The van der Waals surface area contributed by atoms with Crippen LogP contribution in [0, 0.1) is 12.7 Å². The van der Waals surface area contributed by atoms with Gasteiger partial charge in [0.1, 0.15) is 11.6 Å². The molecule has 1 aromatic heterocycles. The first-order valence-electron chi connectivity index (χ1n) is 5.35. The zero-order valence-corrected chi connectivity index (χ0v) is 9.77. The standard InChI is InChI=1S/C13H12FN3O/c1-8-4-5-16-12(6-8)17-13(18)10-7-9(15)2-3-11(10)14/h2-7H,15H2,1H3,(H,16,17,18). The van der Waals surface area contributed by atoms with Gasteiger partial charge in [0, 0.05) is 11.9 Å². The first-order chi connectivity index (χ1) is 8.56. The predicted octanol–water partition coefficient (Wildman–Crippen LogP) is 2.36. The lowest BCUT2D eigenvalue weighted by atomic mass is 10.1. The van der Waals surface area contributed by atoms with Gasteiger partial charge in [-0.1, -0.05) is 0 Å². The van der Waals surface area contributed by atoms with Gasteiger partial charge >= 0.3 is 0 Å². The van der Waals surface area contributed by atoms with Gasteiger partial charge in [0.25, 0.3) is 5.91 Å². The van der Waals surface area contributed by atoms with Crippen molar-refractivity contribution in [1.82, 2.24) is 4.98 Å². The Morgan fingerprint density at radius 1 is 1.33 bits per heavy atom. The Hall–Kier alpha value is -2.43. The number of halogens is 1. The molecule has 4 nitrogen and oxygen atoms in total. The summed E-state index contributed by atoms with van der Waals surface area (Å²) in [5.41, 5.74) is 6.71. The summed E-state index contributed by atoms with van der Waals surface area (Å²) in [6.07, 6.45) is 1.57. The first kappa shape index (κ1) is 12.0. The maximum Gasteiger partial charge on any atom is 0.259 e. The molecular weight excluding hydrogens is 233 g/mol. The van der Waals surface area contributed by atoms with Crippen LogP contribution in [0.3, 0.4) is 0 Å². The smallest absolute Gasteiger partial charge is 0.259 e. The molecule has 5 heteroatoms. The Bertz CT molecular complexity index is 599. The van der Waals surface area contributed by atoms with Crippen LogP contribution < -0.4 is 11.1 Å². The second kappa shape index (κ2) is 4.83. The lowest BCUT2D eigenvalue weighted by molar-refractivity contribution is 0.102. The average molecular weight is 245 g/mol. The van der Waals surface area contributed by atoms with E-state index < -0.39 is 11.7 Å². The number of aryl methyl sites for hydroxylation is 1. The Labute approximate surface area is 104 Å². The minimum absolute atomic E-state index is 0.0988. The number of nitrogens with zero attached hydrogens (tertiary/aromatic N) is 1. The molecule has 0 unspecified atom stereocenters. The van der Waals surface area contributed by atoms with Crippen LogP contribution in [0.25, 0.3) is 0 Å². The fourth-order valence-electron chi connectivity index (χ4n) is 1.51. The number of nitrogen functional groups attached to an aromatic ring is 1. The van der Waals surface area contributed by atoms with Crippen LogP contribution in [-0.4, -0.2) is 10.9 Å². The zero-order valence-electron chi connectivity index (χ0n) is 9.77. The summed E-state index contributed by atoms with van der Waals surface area (Å²) in [4.78, 5) is 15.8.